The van der Waals surface area contributed by atoms with Gasteiger partial charge in [-0.05, 0) is 50.5 Å². The quantitative estimate of drug-likeness (QED) is 0.734. The molecule has 2 N–H and O–H groups in total. The topological polar surface area (TPSA) is 55.6 Å². The lowest BCUT2D eigenvalue weighted by molar-refractivity contribution is 0.0223. The lowest BCUT2D eigenvalue weighted by atomic mass is 9.98. The molecular formula is C14H19FN2O2. The molecule has 0 aromatic heterocycles. The maximum absolute atomic E-state index is 13.7. The fraction of sp³-hybridized carbons (Fsp3) is 0.500. The summed E-state index contributed by atoms with van der Waals surface area (Å²) in [5.74, 6) is -0.293. The normalized spacial score (nSPS) is 15.1. The highest BCUT2D eigenvalue weighted by atomic mass is 19.1. The molecule has 5 heteroatoms. The number of fused-ring (bicyclic) bond motifs is 1. The van der Waals surface area contributed by atoms with E-state index in [4.69, 9.17) is 10.5 Å². The molecule has 0 radical (unpaired) electrons. The highest BCUT2D eigenvalue weighted by Crippen LogP contribution is 2.25. The number of anilines is 1. The van der Waals surface area contributed by atoms with E-state index in [9.17, 15) is 9.18 Å². The number of nitrogens with zero attached hydrogens (tertiary/aromatic N) is 1. The van der Waals surface area contributed by atoms with Gasteiger partial charge < -0.3 is 15.4 Å². The molecular weight excluding hydrogens is 247 g/mol. The van der Waals surface area contributed by atoms with Crippen molar-refractivity contribution in [2.45, 2.75) is 39.3 Å². The Bertz CT molecular complexity index is 509. The maximum atomic E-state index is 13.7. The van der Waals surface area contributed by atoms with Crippen molar-refractivity contribution < 1.29 is 13.9 Å². The van der Waals surface area contributed by atoms with Gasteiger partial charge in [0, 0.05) is 18.8 Å². The summed E-state index contributed by atoms with van der Waals surface area (Å²) in [6.45, 7) is 6.26. The van der Waals surface area contributed by atoms with Gasteiger partial charge in [0.25, 0.3) is 0 Å². The number of benzene rings is 1. The molecule has 19 heavy (non-hydrogen) atoms. The van der Waals surface area contributed by atoms with Gasteiger partial charge in [0.2, 0.25) is 0 Å². The van der Waals surface area contributed by atoms with Gasteiger partial charge in [0.1, 0.15) is 11.4 Å². The largest absolute Gasteiger partial charge is 0.444 e. The molecule has 1 aliphatic rings. The number of hydrogen-bond acceptors (Lipinski definition) is 3. The molecule has 0 fully saturated rings. The first-order valence-corrected chi connectivity index (χ1v) is 6.31. The molecule has 0 aliphatic carbocycles. The van der Waals surface area contributed by atoms with Gasteiger partial charge >= 0.3 is 6.09 Å². The van der Waals surface area contributed by atoms with Crippen LogP contribution in [0.3, 0.4) is 0 Å². The van der Waals surface area contributed by atoms with Crippen LogP contribution in [0.2, 0.25) is 0 Å². The molecule has 0 bridgehead atoms. The minimum Gasteiger partial charge on any atom is -0.444 e. The summed E-state index contributed by atoms with van der Waals surface area (Å²) in [7, 11) is 0. The molecule has 1 aromatic carbocycles. The van der Waals surface area contributed by atoms with Gasteiger partial charge in [0.15, 0.2) is 0 Å². The van der Waals surface area contributed by atoms with Gasteiger partial charge in [-0.1, -0.05) is 0 Å². The standard InChI is InChI=1S/C14H19FN2O2/c1-14(2,3)19-13(18)17-5-4-11-9(8-17)6-10(16)7-12(11)15/h6-7H,4-5,8,16H2,1-3H3. The molecule has 0 spiro atoms. The summed E-state index contributed by atoms with van der Waals surface area (Å²) in [6.07, 6.45) is 0.113. The Labute approximate surface area is 112 Å². The van der Waals surface area contributed by atoms with E-state index >= 15 is 0 Å². The molecule has 0 atom stereocenters. The summed E-state index contributed by atoms with van der Waals surface area (Å²) < 4.78 is 19.0. The van der Waals surface area contributed by atoms with E-state index in [0.717, 1.165) is 5.56 Å². The van der Waals surface area contributed by atoms with Crippen LogP contribution in [0.5, 0.6) is 0 Å². The van der Waals surface area contributed by atoms with Gasteiger partial charge in [-0.2, -0.15) is 0 Å². The molecule has 1 heterocycles. The SMILES string of the molecule is CC(C)(C)OC(=O)N1CCc2c(F)cc(N)cc2C1. The third-order valence-electron chi connectivity index (χ3n) is 2.95. The third kappa shape index (κ3) is 3.16. The fourth-order valence-corrected chi connectivity index (χ4v) is 2.15. The second-order valence-electron chi connectivity index (χ2n) is 5.79. The molecule has 0 saturated carbocycles. The predicted octanol–water partition coefficient (Wildman–Crippen LogP) is 2.70. The van der Waals surface area contributed by atoms with Crippen LogP contribution in [0.1, 0.15) is 31.9 Å². The van der Waals surface area contributed by atoms with E-state index < -0.39 is 5.60 Å². The fourth-order valence-electron chi connectivity index (χ4n) is 2.15. The minimum absolute atomic E-state index is 0.293. The number of carbonyl (C=O) groups excluding carboxylic acids is 1. The third-order valence-corrected chi connectivity index (χ3v) is 2.95. The Morgan fingerprint density at radius 1 is 1.42 bits per heavy atom. The summed E-state index contributed by atoms with van der Waals surface area (Å²) in [6, 6.07) is 3.04. The highest BCUT2D eigenvalue weighted by molar-refractivity contribution is 5.69. The van der Waals surface area contributed by atoms with Gasteiger partial charge in [-0.25, -0.2) is 9.18 Å². The van der Waals surface area contributed by atoms with Crippen molar-refractivity contribution in [2.75, 3.05) is 12.3 Å². The Morgan fingerprint density at radius 2 is 2.11 bits per heavy atom. The van der Waals surface area contributed by atoms with Crippen molar-refractivity contribution in [1.82, 2.24) is 4.90 Å². The van der Waals surface area contributed by atoms with Crippen LogP contribution >= 0.6 is 0 Å². The van der Waals surface area contributed by atoms with E-state index in [2.05, 4.69) is 0 Å². The summed E-state index contributed by atoms with van der Waals surface area (Å²) >= 11 is 0. The number of carbonyl (C=O) groups is 1. The monoisotopic (exact) mass is 266 g/mol. The zero-order chi connectivity index (χ0) is 14.2. The van der Waals surface area contributed by atoms with Crippen LogP contribution < -0.4 is 5.73 Å². The van der Waals surface area contributed by atoms with E-state index in [1.165, 1.54) is 6.07 Å². The molecule has 1 aromatic rings. The maximum Gasteiger partial charge on any atom is 0.410 e. The highest BCUT2D eigenvalue weighted by Gasteiger charge is 2.27. The van der Waals surface area contributed by atoms with Gasteiger partial charge in [0.05, 0.1) is 0 Å². The number of hydrogen-bond donors (Lipinski definition) is 1. The van der Waals surface area contributed by atoms with E-state index in [1.54, 1.807) is 11.0 Å². The lowest BCUT2D eigenvalue weighted by Crippen LogP contribution is -2.40. The van der Waals surface area contributed by atoms with E-state index in [0.29, 0.717) is 30.8 Å². The molecule has 1 aliphatic heterocycles. The average molecular weight is 266 g/mol. The van der Waals surface area contributed by atoms with Crippen LogP contribution in [-0.2, 0) is 17.7 Å². The Kier molecular flexibility index (Phi) is 3.39. The zero-order valence-corrected chi connectivity index (χ0v) is 11.5. The number of ether oxygens (including phenoxy) is 1. The molecule has 2 rings (SSSR count). The van der Waals surface area contributed by atoms with Crippen molar-refractivity contribution in [3.8, 4) is 0 Å². The Hall–Kier alpha value is -1.78. The Morgan fingerprint density at radius 3 is 2.74 bits per heavy atom. The van der Waals surface area contributed by atoms with E-state index in [-0.39, 0.29) is 11.9 Å². The van der Waals surface area contributed by atoms with Crippen LogP contribution in [0.4, 0.5) is 14.9 Å². The first-order valence-electron chi connectivity index (χ1n) is 6.31. The summed E-state index contributed by atoms with van der Waals surface area (Å²) in [5.41, 5.74) is 6.89. The van der Waals surface area contributed by atoms with Crippen LogP contribution in [0.25, 0.3) is 0 Å². The summed E-state index contributed by atoms with van der Waals surface area (Å²) in [5, 5.41) is 0. The van der Waals surface area contributed by atoms with Crippen molar-refractivity contribution in [2.24, 2.45) is 0 Å². The molecule has 0 unspecified atom stereocenters. The van der Waals surface area contributed by atoms with Gasteiger partial charge in [-0.3, -0.25) is 0 Å². The number of amides is 1. The molecule has 1 amide bonds. The van der Waals surface area contributed by atoms with Crippen molar-refractivity contribution in [3.05, 3.63) is 29.1 Å². The smallest absolute Gasteiger partial charge is 0.410 e. The first kappa shape index (κ1) is 13.6. The molecule has 104 valence electrons. The number of nitrogen functional groups attached to an aromatic ring is 1. The average Bonchev–Trinajstić information content (AvgIpc) is 2.25. The van der Waals surface area contributed by atoms with Gasteiger partial charge in [-0.15, -0.1) is 0 Å². The first-order chi connectivity index (χ1) is 8.76. The lowest BCUT2D eigenvalue weighted by Gasteiger charge is -2.31. The molecule has 4 nitrogen and oxygen atoms in total. The van der Waals surface area contributed by atoms with Crippen LogP contribution in [0, 0.1) is 5.82 Å². The number of halogens is 1. The van der Waals surface area contributed by atoms with E-state index in [1.807, 2.05) is 20.8 Å². The van der Waals surface area contributed by atoms with Crippen LogP contribution in [0.15, 0.2) is 12.1 Å². The number of nitrogens with two attached hydrogens (primary N) is 1. The summed E-state index contributed by atoms with van der Waals surface area (Å²) in [4.78, 5) is 13.5. The van der Waals surface area contributed by atoms with Crippen LogP contribution in [-0.4, -0.2) is 23.1 Å². The zero-order valence-electron chi connectivity index (χ0n) is 11.5. The second-order valence-corrected chi connectivity index (χ2v) is 5.79. The van der Waals surface area contributed by atoms with Crippen molar-refractivity contribution >= 4 is 11.8 Å². The molecule has 0 saturated heterocycles. The predicted molar refractivity (Wildman–Crippen MR) is 71.2 cm³/mol. The number of rotatable bonds is 0. The van der Waals surface area contributed by atoms with Crippen molar-refractivity contribution in [3.63, 3.8) is 0 Å². The Balaban J connectivity index is 2.16. The van der Waals surface area contributed by atoms with Crippen molar-refractivity contribution in [1.29, 1.82) is 0 Å². The second kappa shape index (κ2) is 4.72. The minimum atomic E-state index is -0.529.